The van der Waals surface area contributed by atoms with Crippen molar-refractivity contribution < 1.29 is 19.4 Å². The van der Waals surface area contributed by atoms with Gasteiger partial charge in [0.1, 0.15) is 0 Å². The normalized spacial score (nSPS) is 21.4. The highest BCUT2D eigenvalue weighted by Crippen LogP contribution is 2.35. The summed E-state index contributed by atoms with van der Waals surface area (Å²) in [7, 11) is 0. The molecule has 108 valence electrons. The molecule has 1 aromatic carbocycles. The first-order chi connectivity index (χ1) is 9.60. The Kier molecular flexibility index (Phi) is 3.58. The number of aromatic carboxylic acids is 1. The van der Waals surface area contributed by atoms with Crippen molar-refractivity contribution in [2.75, 3.05) is 31.2 Å². The summed E-state index contributed by atoms with van der Waals surface area (Å²) in [5, 5.41) is 9.41. The average molecular weight is 298 g/mol. The van der Waals surface area contributed by atoms with Crippen LogP contribution in [0.25, 0.3) is 0 Å². The number of carbonyl (C=O) groups is 1. The van der Waals surface area contributed by atoms with Crippen LogP contribution in [0, 0.1) is 0 Å². The number of benzene rings is 1. The van der Waals surface area contributed by atoms with Gasteiger partial charge < -0.3 is 19.5 Å². The molecule has 0 radical (unpaired) electrons. The Hall–Kier alpha value is -1.30. The number of halogens is 1. The molecule has 0 unspecified atom stereocenters. The highest BCUT2D eigenvalue weighted by Gasteiger charge is 2.40. The molecule has 3 rings (SSSR count). The zero-order valence-corrected chi connectivity index (χ0v) is 11.7. The lowest BCUT2D eigenvalue weighted by molar-refractivity contribution is -0.169. The summed E-state index contributed by atoms with van der Waals surface area (Å²) in [6.45, 7) is 2.89. The molecular weight excluding hydrogens is 282 g/mol. The van der Waals surface area contributed by atoms with E-state index in [2.05, 4.69) is 4.90 Å². The average Bonchev–Trinajstić information content (AvgIpc) is 2.88. The second-order valence-electron chi connectivity index (χ2n) is 5.07. The number of nitrogens with zero attached hydrogens (tertiary/aromatic N) is 1. The molecule has 5 nitrogen and oxygen atoms in total. The number of rotatable bonds is 2. The van der Waals surface area contributed by atoms with Crippen molar-refractivity contribution >= 4 is 23.3 Å². The van der Waals surface area contributed by atoms with Gasteiger partial charge in [-0.25, -0.2) is 4.79 Å². The first-order valence-electron chi connectivity index (χ1n) is 6.65. The van der Waals surface area contributed by atoms with Crippen LogP contribution in [-0.4, -0.2) is 43.2 Å². The third-order valence-electron chi connectivity index (χ3n) is 3.87. The predicted octanol–water partition coefficient (Wildman–Crippen LogP) is 2.38. The molecule has 2 aliphatic rings. The molecular formula is C14H16ClNO4. The largest absolute Gasteiger partial charge is 0.478 e. The van der Waals surface area contributed by atoms with E-state index < -0.39 is 11.8 Å². The van der Waals surface area contributed by atoms with Gasteiger partial charge in [-0.2, -0.15) is 0 Å². The smallest absolute Gasteiger partial charge is 0.335 e. The van der Waals surface area contributed by atoms with Gasteiger partial charge in [0, 0.05) is 25.9 Å². The number of anilines is 1. The molecule has 0 aliphatic carbocycles. The number of hydrogen-bond donors (Lipinski definition) is 1. The molecule has 6 heteroatoms. The van der Waals surface area contributed by atoms with Crippen LogP contribution in [0.3, 0.4) is 0 Å². The molecule has 2 saturated heterocycles. The molecule has 0 aromatic heterocycles. The third-order valence-corrected chi connectivity index (χ3v) is 4.18. The van der Waals surface area contributed by atoms with Crippen molar-refractivity contribution in [3.05, 3.63) is 28.8 Å². The second kappa shape index (κ2) is 5.24. The van der Waals surface area contributed by atoms with Crippen molar-refractivity contribution in [1.82, 2.24) is 0 Å². The Balaban J connectivity index is 1.73. The number of ether oxygens (including phenoxy) is 2. The molecule has 0 amide bonds. The first-order valence-corrected chi connectivity index (χ1v) is 7.03. The Morgan fingerprint density at radius 2 is 1.90 bits per heavy atom. The van der Waals surface area contributed by atoms with Crippen LogP contribution < -0.4 is 4.90 Å². The van der Waals surface area contributed by atoms with E-state index in [0.29, 0.717) is 18.2 Å². The van der Waals surface area contributed by atoms with E-state index in [4.69, 9.17) is 26.2 Å². The Morgan fingerprint density at radius 3 is 2.45 bits per heavy atom. The molecule has 1 spiro atoms. The van der Waals surface area contributed by atoms with Crippen LogP contribution >= 0.6 is 11.6 Å². The Morgan fingerprint density at radius 1 is 1.25 bits per heavy atom. The van der Waals surface area contributed by atoms with Crippen LogP contribution in [0.1, 0.15) is 23.2 Å². The molecule has 0 saturated carbocycles. The molecule has 2 fully saturated rings. The van der Waals surface area contributed by atoms with E-state index in [9.17, 15) is 4.79 Å². The van der Waals surface area contributed by atoms with Gasteiger partial charge in [-0.1, -0.05) is 11.6 Å². The summed E-state index contributed by atoms with van der Waals surface area (Å²) in [5.74, 6) is -1.38. The standard InChI is InChI=1S/C14H16ClNO4/c15-11-9-10(13(17)18)1-2-12(11)16-5-3-14(4-6-16)19-7-8-20-14/h1-2,9H,3-8H2,(H,17,18). The van der Waals surface area contributed by atoms with E-state index in [1.54, 1.807) is 12.1 Å². The minimum atomic E-state index is -0.969. The maximum absolute atomic E-state index is 10.9. The van der Waals surface area contributed by atoms with Crippen molar-refractivity contribution in [3.63, 3.8) is 0 Å². The van der Waals surface area contributed by atoms with Crippen LogP contribution in [-0.2, 0) is 9.47 Å². The Bertz CT molecular complexity index is 518. The number of hydrogen-bond acceptors (Lipinski definition) is 4. The summed E-state index contributed by atoms with van der Waals surface area (Å²) < 4.78 is 11.4. The van der Waals surface area contributed by atoms with Crippen LogP contribution in [0.5, 0.6) is 0 Å². The van der Waals surface area contributed by atoms with E-state index in [1.165, 1.54) is 6.07 Å². The van der Waals surface area contributed by atoms with E-state index in [1.807, 2.05) is 0 Å². The zero-order valence-electron chi connectivity index (χ0n) is 11.0. The van der Waals surface area contributed by atoms with Crippen molar-refractivity contribution in [2.24, 2.45) is 0 Å². The van der Waals surface area contributed by atoms with E-state index in [-0.39, 0.29) is 5.56 Å². The lowest BCUT2D eigenvalue weighted by Gasteiger charge is -2.39. The number of piperidine rings is 1. The monoisotopic (exact) mass is 297 g/mol. The van der Waals surface area contributed by atoms with Gasteiger partial charge in [-0.05, 0) is 18.2 Å². The highest BCUT2D eigenvalue weighted by atomic mass is 35.5. The van der Waals surface area contributed by atoms with E-state index >= 15 is 0 Å². The van der Waals surface area contributed by atoms with Gasteiger partial charge in [-0.3, -0.25) is 0 Å². The van der Waals surface area contributed by atoms with Crippen LogP contribution in [0.15, 0.2) is 18.2 Å². The molecule has 2 aliphatic heterocycles. The van der Waals surface area contributed by atoms with Gasteiger partial charge in [-0.15, -0.1) is 0 Å². The van der Waals surface area contributed by atoms with Gasteiger partial charge in [0.2, 0.25) is 0 Å². The lowest BCUT2D eigenvalue weighted by atomic mass is 10.0. The summed E-state index contributed by atoms with van der Waals surface area (Å²) in [6, 6.07) is 4.84. The molecule has 1 N–H and O–H groups in total. The molecule has 0 atom stereocenters. The predicted molar refractivity (Wildman–Crippen MR) is 74.5 cm³/mol. The molecule has 0 bridgehead atoms. The maximum atomic E-state index is 10.9. The number of carboxylic acid groups (broad SMARTS) is 1. The first kappa shape index (κ1) is 13.7. The van der Waals surface area contributed by atoms with Gasteiger partial charge in [0.15, 0.2) is 5.79 Å². The third kappa shape index (κ3) is 2.49. The van der Waals surface area contributed by atoms with E-state index in [0.717, 1.165) is 31.6 Å². The minimum absolute atomic E-state index is 0.203. The van der Waals surface area contributed by atoms with Crippen LogP contribution in [0.4, 0.5) is 5.69 Å². The molecule has 1 aromatic rings. The van der Waals surface area contributed by atoms with Gasteiger partial charge in [0.25, 0.3) is 0 Å². The fourth-order valence-electron chi connectivity index (χ4n) is 2.77. The second-order valence-corrected chi connectivity index (χ2v) is 5.47. The van der Waals surface area contributed by atoms with Gasteiger partial charge >= 0.3 is 5.97 Å². The molecule has 2 heterocycles. The highest BCUT2D eigenvalue weighted by molar-refractivity contribution is 6.33. The fraction of sp³-hybridized carbons (Fsp3) is 0.500. The summed E-state index contributed by atoms with van der Waals surface area (Å²) in [4.78, 5) is 13.0. The quantitative estimate of drug-likeness (QED) is 0.908. The lowest BCUT2D eigenvalue weighted by Crippen LogP contribution is -2.45. The zero-order chi connectivity index (χ0) is 14.2. The van der Waals surface area contributed by atoms with Crippen molar-refractivity contribution in [2.45, 2.75) is 18.6 Å². The maximum Gasteiger partial charge on any atom is 0.335 e. The molecule has 20 heavy (non-hydrogen) atoms. The summed E-state index contributed by atoms with van der Waals surface area (Å²) in [6.07, 6.45) is 1.59. The van der Waals surface area contributed by atoms with Crippen molar-refractivity contribution in [3.8, 4) is 0 Å². The number of carboxylic acids is 1. The summed E-state index contributed by atoms with van der Waals surface area (Å²) in [5.41, 5.74) is 1.07. The van der Waals surface area contributed by atoms with Crippen molar-refractivity contribution in [1.29, 1.82) is 0 Å². The van der Waals surface area contributed by atoms with Crippen LogP contribution in [0.2, 0.25) is 5.02 Å². The summed E-state index contributed by atoms with van der Waals surface area (Å²) >= 11 is 6.19. The Labute approximate surface area is 122 Å². The van der Waals surface area contributed by atoms with Gasteiger partial charge in [0.05, 0.1) is 29.5 Å². The fourth-order valence-corrected chi connectivity index (χ4v) is 3.07. The SMILES string of the molecule is O=C(O)c1ccc(N2CCC3(CC2)OCCO3)c(Cl)c1. The topological polar surface area (TPSA) is 59.0 Å². The minimum Gasteiger partial charge on any atom is -0.478 e.